The molecule has 0 aliphatic heterocycles. The molecule has 1 rings (SSSR count). The molecule has 122 valence electrons. The molecule has 0 aliphatic rings. The number of amides is 2. The van der Waals surface area contributed by atoms with E-state index in [0.29, 0.717) is 12.2 Å². The smallest absolute Gasteiger partial charge is 0.239 e. The Morgan fingerprint density at radius 1 is 1.18 bits per heavy atom. The molecular weight excluding hydrogens is 344 g/mol. The average Bonchev–Trinajstić information content (AvgIpc) is 2.47. The van der Waals surface area contributed by atoms with Gasteiger partial charge in [0.25, 0.3) is 0 Å². The van der Waals surface area contributed by atoms with Gasteiger partial charge in [-0.1, -0.05) is 35.7 Å². The molecule has 0 aromatic heterocycles. The van der Waals surface area contributed by atoms with Gasteiger partial charge in [0.1, 0.15) is 5.41 Å². The monoisotopic (exact) mass is 368 g/mol. The first-order valence-electron chi connectivity index (χ1n) is 7.65. The minimum atomic E-state index is -1.10. The lowest BCUT2D eigenvalue weighted by Gasteiger charge is -2.23. The van der Waals surface area contributed by atoms with Gasteiger partial charge in [-0.3, -0.25) is 9.59 Å². The van der Waals surface area contributed by atoms with Gasteiger partial charge in [0.15, 0.2) is 0 Å². The van der Waals surface area contributed by atoms with Crippen molar-refractivity contribution < 1.29 is 9.59 Å². The van der Waals surface area contributed by atoms with Crippen molar-refractivity contribution in [3.8, 4) is 0 Å². The van der Waals surface area contributed by atoms with E-state index in [9.17, 15) is 9.59 Å². The number of rotatable bonds is 7. The third-order valence-corrected chi connectivity index (χ3v) is 4.51. The first-order chi connectivity index (χ1) is 10.3. The minimum Gasteiger partial charge on any atom is -0.355 e. The van der Waals surface area contributed by atoms with Crippen LogP contribution in [-0.2, 0) is 9.59 Å². The van der Waals surface area contributed by atoms with E-state index >= 15 is 0 Å². The third-order valence-electron chi connectivity index (χ3n) is 3.62. The van der Waals surface area contributed by atoms with Crippen LogP contribution in [0.25, 0.3) is 0 Å². The van der Waals surface area contributed by atoms with Crippen LogP contribution in [0.1, 0.15) is 45.6 Å². The van der Waals surface area contributed by atoms with Gasteiger partial charge in [0.05, 0.1) is 0 Å². The van der Waals surface area contributed by atoms with E-state index in [1.54, 1.807) is 13.8 Å². The summed E-state index contributed by atoms with van der Waals surface area (Å²) in [7, 11) is 0. The van der Waals surface area contributed by atoms with E-state index < -0.39 is 5.41 Å². The molecule has 0 saturated heterocycles. The van der Waals surface area contributed by atoms with E-state index in [1.807, 2.05) is 25.1 Å². The number of carbonyl (C=O) groups is 2. The summed E-state index contributed by atoms with van der Waals surface area (Å²) in [5.41, 5.74) is 0.616. The molecule has 0 bridgehead atoms. The molecule has 4 nitrogen and oxygen atoms in total. The number of halogens is 1. The summed E-state index contributed by atoms with van der Waals surface area (Å²) < 4.78 is 0.985. The normalized spacial score (nSPS) is 11.1. The van der Waals surface area contributed by atoms with E-state index in [0.717, 1.165) is 29.3 Å². The molecule has 0 atom stereocenters. The number of hydrogen-bond acceptors (Lipinski definition) is 2. The van der Waals surface area contributed by atoms with Crippen molar-refractivity contribution in [3.63, 3.8) is 0 Å². The third kappa shape index (κ3) is 5.13. The van der Waals surface area contributed by atoms with Crippen LogP contribution in [0.4, 0.5) is 5.69 Å². The number of nitrogens with one attached hydrogen (secondary N) is 2. The van der Waals surface area contributed by atoms with Crippen molar-refractivity contribution in [1.82, 2.24) is 5.32 Å². The van der Waals surface area contributed by atoms with Gasteiger partial charge in [-0.2, -0.15) is 0 Å². The van der Waals surface area contributed by atoms with E-state index in [1.165, 1.54) is 0 Å². The summed E-state index contributed by atoms with van der Waals surface area (Å²) in [4.78, 5) is 24.6. The van der Waals surface area contributed by atoms with Crippen molar-refractivity contribution in [2.45, 2.75) is 47.0 Å². The van der Waals surface area contributed by atoms with Crippen molar-refractivity contribution in [1.29, 1.82) is 0 Å². The van der Waals surface area contributed by atoms with Crippen LogP contribution in [0.3, 0.4) is 0 Å². The van der Waals surface area contributed by atoms with Crippen LogP contribution >= 0.6 is 15.9 Å². The summed E-state index contributed by atoms with van der Waals surface area (Å²) in [6, 6.07) is 5.56. The molecule has 0 saturated carbocycles. The maximum atomic E-state index is 12.4. The largest absolute Gasteiger partial charge is 0.355 e. The first kappa shape index (κ1) is 18.7. The van der Waals surface area contributed by atoms with Crippen LogP contribution in [0.2, 0.25) is 0 Å². The fourth-order valence-corrected chi connectivity index (χ4v) is 2.16. The molecule has 0 radical (unpaired) electrons. The molecular formula is C17H25BrN2O2. The molecule has 0 unspecified atom stereocenters. The van der Waals surface area contributed by atoms with Crippen LogP contribution < -0.4 is 10.6 Å². The summed E-state index contributed by atoms with van der Waals surface area (Å²) in [5.74, 6) is -0.544. The number of aryl methyl sites for hydroxylation is 1. The van der Waals surface area contributed by atoms with Gasteiger partial charge in [-0.25, -0.2) is 0 Å². The maximum Gasteiger partial charge on any atom is 0.239 e. The van der Waals surface area contributed by atoms with Gasteiger partial charge in [0, 0.05) is 16.7 Å². The van der Waals surface area contributed by atoms with Gasteiger partial charge in [0.2, 0.25) is 11.8 Å². The molecule has 5 heteroatoms. The Morgan fingerprint density at radius 3 is 2.45 bits per heavy atom. The van der Waals surface area contributed by atoms with Crippen LogP contribution in [0.15, 0.2) is 22.7 Å². The minimum absolute atomic E-state index is 0.241. The second-order valence-corrected chi connectivity index (χ2v) is 6.86. The van der Waals surface area contributed by atoms with Gasteiger partial charge in [-0.15, -0.1) is 0 Å². The topological polar surface area (TPSA) is 58.2 Å². The second kappa shape index (κ2) is 8.32. The van der Waals surface area contributed by atoms with Crippen molar-refractivity contribution in [2.75, 3.05) is 11.9 Å². The predicted molar refractivity (Wildman–Crippen MR) is 93.8 cm³/mol. The summed E-state index contributed by atoms with van der Waals surface area (Å²) in [6.07, 6.45) is 3.11. The predicted octanol–water partition coefficient (Wildman–Crippen LogP) is 4.03. The Hall–Kier alpha value is -1.36. The lowest BCUT2D eigenvalue weighted by atomic mass is 9.91. The molecule has 0 aliphatic carbocycles. The highest BCUT2D eigenvalue weighted by molar-refractivity contribution is 9.10. The van der Waals surface area contributed by atoms with Crippen molar-refractivity contribution in [3.05, 3.63) is 28.2 Å². The zero-order valence-corrected chi connectivity index (χ0v) is 15.3. The SMILES string of the molecule is CCCCCNC(=O)C(C)(C)C(=O)Nc1ccc(Br)c(C)c1. The van der Waals surface area contributed by atoms with Gasteiger partial charge in [-0.05, 0) is 51.0 Å². The lowest BCUT2D eigenvalue weighted by Crippen LogP contribution is -2.45. The highest BCUT2D eigenvalue weighted by atomic mass is 79.9. The Morgan fingerprint density at radius 2 is 1.86 bits per heavy atom. The number of benzene rings is 1. The van der Waals surface area contributed by atoms with E-state index in [-0.39, 0.29) is 11.8 Å². The Balaban J connectivity index is 2.64. The number of hydrogen-bond donors (Lipinski definition) is 2. The molecule has 0 spiro atoms. The summed E-state index contributed by atoms with van der Waals surface area (Å²) >= 11 is 3.42. The maximum absolute atomic E-state index is 12.4. The zero-order valence-electron chi connectivity index (χ0n) is 13.8. The van der Waals surface area contributed by atoms with Gasteiger partial charge >= 0.3 is 0 Å². The Bertz CT molecular complexity index is 541. The summed E-state index contributed by atoms with van der Waals surface area (Å²) in [5, 5.41) is 5.65. The Kier molecular flexibility index (Phi) is 7.07. The quantitative estimate of drug-likeness (QED) is 0.563. The molecule has 2 N–H and O–H groups in total. The molecule has 1 aromatic rings. The average molecular weight is 369 g/mol. The number of unbranched alkanes of at least 4 members (excludes halogenated alkanes) is 2. The van der Waals surface area contributed by atoms with Crippen LogP contribution in [-0.4, -0.2) is 18.4 Å². The molecule has 22 heavy (non-hydrogen) atoms. The molecule has 0 fully saturated rings. The zero-order chi connectivity index (χ0) is 16.8. The molecule has 1 aromatic carbocycles. The standard InChI is InChI=1S/C17H25BrN2O2/c1-5-6-7-10-19-15(21)17(3,4)16(22)20-13-8-9-14(18)12(2)11-13/h8-9,11H,5-7,10H2,1-4H3,(H,19,21)(H,20,22). The highest BCUT2D eigenvalue weighted by Crippen LogP contribution is 2.23. The first-order valence-corrected chi connectivity index (χ1v) is 8.44. The fraction of sp³-hybridized carbons (Fsp3) is 0.529. The fourth-order valence-electron chi connectivity index (χ4n) is 1.91. The highest BCUT2D eigenvalue weighted by Gasteiger charge is 2.35. The lowest BCUT2D eigenvalue weighted by molar-refractivity contribution is -0.138. The van der Waals surface area contributed by atoms with Gasteiger partial charge < -0.3 is 10.6 Å². The Labute approximate surface area is 141 Å². The second-order valence-electron chi connectivity index (χ2n) is 6.01. The number of anilines is 1. The van der Waals surface area contributed by atoms with Crippen molar-refractivity contribution in [2.24, 2.45) is 5.41 Å². The molecule has 2 amide bonds. The number of carbonyl (C=O) groups excluding carboxylic acids is 2. The van der Waals surface area contributed by atoms with E-state index in [2.05, 4.69) is 33.5 Å². The van der Waals surface area contributed by atoms with Crippen LogP contribution in [0.5, 0.6) is 0 Å². The van der Waals surface area contributed by atoms with E-state index in [4.69, 9.17) is 0 Å². The van der Waals surface area contributed by atoms with Crippen LogP contribution in [0, 0.1) is 12.3 Å². The molecule has 0 heterocycles. The van der Waals surface area contributed by atoms with Crippen molar-refractivity contribution >= 4 is 33.4 Å². The summed E-state index contributed by atoms with van der Waals surface area (Å²) in [6.45, 7) is 7.96.